The Hall–Kier alpha value is -1.39. The normalized spacial score (nSPS) is 20.2. The van der Waals surface area contributed by atoms with Crippen LogP contribution in [-0.2, 0) is 17.6 Å². The van der Waals surface area contributed by atoms with Crippen LogP contribution in [0.4, 0.5) is 0 Å². The molecule has 1 aliphatic carbocycles. The zero-order valence-corrected chi connectivity index (χ0v) is 8.21. The maximum absolute atomic E-state index is 11.6. The second kappa shape index (κ2) is 3.77. The number of carbonyl (C=O) groups excluding carboxylic acids is 1. The molecule has 1 atom stereocenters. The van der Waals surface area contributed by atoms with Crippen molar-refractivity contribution in [2.45, 2.75) is 26.2 Å². The van der Waals surface area contributed by atoms with Crippen molar-refractivity contribution in [3.8, 4) is 0 Å². The number of aromatic amines is 1. The van der Waals surface area contributed by atoms with Gasteiger partial charge in [0.25, 0.3) is 0 Å². The summed E-state index contributed by atoms with van der Waals surface area (Å²) < 4.78 is 0. The first-order valence-corrected chi connectivity index (χ1v) is 4.97. The van der Waals surface area contributed by atoms with Gasteiger partial charge < -0.3 is 5.32 Å². The fourth-order valence-electron chi connectivity index (χ4n) is 1.83. The van der Waals surface area contributed by atoms with Crippen LogP contribution in [0.5, 0.6) is 0 Å². The van der Waals surface area contributed by atoms with Gasteiger partial charge in [-0.1, -0.05) is 0 Å². The Kier molecular flexibility index (Phi) is 2.47. The Morgan fingerprint density at radius 2 is 2.36 bits per heavy atom. The van der Waals surface area contributed by atoms with E-state index in [4.69, 9.17) is 0 Å². The summed E-state index contributed by atoms with van der Waals surface area (Å²) in [4.78, 5) is 11.6. The lowest BCUT2D eigenvalue weighted by molar-refractivity contribution is -0.125. The van der Waals surface area contributed by atoms with Crippen molar-refractivity contribution < 1.29 is 4.79 Å². The number of hydrogen-bond acceptors (Lipinski definition) is 3. The highest BCUT2D eigenvalue weighted by Crippen LogP contribution is 2.21. The lowest BCUT2D eigenvalue weighted by Gasteiger charge is -2.18. The van der Waals surface area contributed by atoms with E-state index in [9.17, 15) is 4.79 Å². The summed E-state index contributed by atoms with van der Waals surface area (Å²) in [5.74, 6) is 0.216. The number of hydrogen-bond donors (Lipinski definition) is 2. The van der Waals surface area contributed by atoms with Crippen LogP contribution < -0.4 is 5.32 Å². The van der Waals surface area contributed by atoms with E-state index >= 15 is 0 Å². The Morgan fingerprint density at radius 1 is 1.57 bits per heavy atom. The van der Waals surface area contributed by atoms with Crippen LogP contribution >= 0.6 is 0 Å². The summed E-state index contributed by atoms with van der Waals surface area (Å²) in [6, 6.07) is 0. The minimum atomic E-state index is 0.0764. The number of amides is 1. The predicted octanol–water partition coefficient (Wildman–Crippen LogP) is 0.0457. The van der Waals surface area contributed by atoms with E-state index in [1.165, 1.54) is 0 Å². The van der Waals surface area contributed by atoms with E-state index in [0.717, 1.165) is 30.7 Å². The van der Waals surface area contributed by atoms with Crippen molar-refractivity contribution in [2.75, 3.05) is 6.54 Å². The quantitative estimate of drug-likeness (QED) is 0.698. The summed E-state index contributed by atoms with van der Waals surface area (Å²) in [5.41, 5.74) is 1.97. The number of aromatic nitrogens is 3. The Bertz CT molecular complexity index is 333. The lowest BCUT2D eigenvalue weighted by atomic mass is 9.89. The molecule has 5 nitrogen and oxygen atoms in total. The summed E-state index contributed by atoms with van der Waals surface area (Å²) in [6.07, 6.45) is 2.46. The van der Waals surface area contributed by atoms with E-state index in [-0.39, 0.29) is 11.8 Å². The van der Waals surface area contributed by atoms with Gasteiger partial charge in [-0.2, -0.15) is 15.4 Å². The maximum Gasteiger partial charge on any atom is 0.223 e. The second-order valence-corrected chi connectivity index (χ2v) is 3.55. The molecule has 1 unspecified atom stereocenters. The number of aryl methyl sites for hydroxylation is 1. The SMILES string of the molecule is CCNC(=O)C1CCc2n[nH]nc2C1. The van der Waals surface area contributed by atoms with Crippen molar-refractivity contribution in [3.05, 3.63) is 11.4 Å². The minimum Gasteiger partial charge on any atom is -0.356 e. The van der Waals surface area contributed by atoms with E-state index in [0.29, 0.717) is 6.54 Å². The number of rotatable bonds is 2. The van der Waals surface area contributed by atoms with Gasteiger partial charge in [-0.3, -0.25) is 4.79 Å². The zero-order valence-electron chi connectivity index (χ0n) is 8.21. The highest BCUT2D eigenvalue weighted by molar-refractivity contribution is 5.79. The Balaban J connectivity index is 2.04. The van der Waals surface area contributed by atoms with Crippen LogP contribution in [0, 0.1) is 5.92 Å². The third kappa shape index (κ3) is 1.62. The molecule has 0 spiro atoms. The molecule has 14 heavy (non-hydrogen) atoms. The maximum atomic E-state index is 11.6. The van der Waals surface area contributed by atoms with Crippen LogP contribution in [0.1, 0.15) is 24.7 Å². The van der Waals surface area contributed by atoms with Gasteiger partial charge in [0.05, 0.1) is 11.4 Å². The smallest absolute Gasteiger partial charge is 0.223 e. The Labute approximate surface area is 82.3 Å². The highest BCUT2D eigenvalue weighted by atomic mass is 16.1. The molecule has 0 aromatic carbocycles. The molecule has 2 N–H and O–H groups in total. The number of H-pyrrole nitrogens is 1. The molecule has 1 heterocycles. The molecule has 0 fully saturated rings. The van der Waals surface area contributed by atoms with E-state index in [1.807, 2.05) is 6.92 Å². The zero-order chi connectivity index (χ0) is 9.97. The molecule has 76 valence electrons. The summed E-state index contributed by atoms with van der Waals surface area (Å²) in [5, 5.41) is 13.5. The average molecular weight is 194 g/mol. The molecule has 0 saturated heterocycles. The van der Waals surface area contributed by atoms with Gasteiger partial charge in [0, 0.05) is 18.9 Å². The first-order valence-electron chi connectivity index (χ1n) is 4.97. The summed E-state index contributed by atoms with van der Waals surface area (Å²) in [6.45, 7) is 2.63. The van der Waals surface area contributed by atoms with Crippen molar-refractivity contribution in [1.82, 2.24) is 20.7 Å². The fourth-order valence-corrected chi connectivity index (χ4v) is 1.83. The van der Waals surface area contributed by atoms with Crippen molar-refractivity contribution in [2.24, 2.45) is 5.92 Å². The van der Waals surface area contributed by atoms with E-state index < -0.39 is 0 Å². The third-order valence-corrected chi connectivity index (χ3v) is 2.59. The first-order chi connectivity index (χ1) is 6.81. The van der Waals surface area contributed by atoms with Gasteiger partial charge in [-0.15, -0.1) is 0 Å². The number of fused-ring (bicyclic) bond motifs is 1. The summed E-state index contributed by atoms with van der Waals surface area (Å²) >= 11 is 0. The molecule has 0 saturated carbocycles. The van der Waals surface area contributed by atoms with Gasteiger partial charge in [-0.05, 0) is 19.8 Å². The van der Waals surface area contributed by atoms with Gasteiger partial charge in [-0.25, -0.2) is 0 Å². The first kappa shape index (κ1) is 9.18. The number of nitrogens with one attached hydrogen (secondary N) is 2. The van der Waals surface area contributed by atoms with Crippen molar-refractivity contribution in [3.63, 3.8) is 0 Å². The van der Waals surface area contributed by atoms with Crippen molar-refractivity contribution >= 4 is 5.91 Å². The highest BCUT2D eigenvalue weighted by Gasteiger charge is 2.26. The van der Waals surface area contributed by atoms with E-state index in [1.54, 1.807) is 0 Å². The standard InChI is InChI=1S/C9H14N4O/c1-2-10-9(14)6-3-4-7-8(5-6)12-13-11-7/h6H,2-5H2,1H3,(H,10,14)(H,11,12,13). The largest absolute Gasteiger partial charge is 0.356 e. The monoisotopic (exact) mass is 194 g/mol. The number of nitrogens with zero attached hydrogens (tertiary/aromatic N) is 2. The third-order valence-electron chi connectivity index (χ3n) is 2.59. The fraction of sp³-hybridized carbons (Fsp3) is 0.667. The molecule has 0 radical (unpaired) electrons. The topological polar surface area (TPSA) is 70.7 Å². The molecule has 1 aliphatic rings. The Morgan fingerprint density at radius 3 is 3.14 bits per heavy atom. The molecule has 1 aromatic rings. The minimum absolute atomic E-state index is 0.0764. The molecule has 5 heteroatoms. The molecule has 1 amide bonds. The molecular formula is C9H14N4O. The van der Waals surface area contributed by atoms with Gasteiger partial charge in [0.15, 0.2) is 0 Å². The van der Waals surface area contributed by atoms with Crippen molar-refractivity contribution in [1.29, 1.82) is 0 Å². The van der Waals surface area contributed by atoms with Crippen LogP contribution in [0.15, 0.2) is 0 Å². The molecule has 0 bridgehead atoms. The van der Waals surface area contributed by atoms with Crippen LogP contribution in [0.3, 0.4) is 0 Å². The van der Waals surface area contributed by atoms with Crippen LogP contribution in [0.2, 0.25) is 0 Å². The van der Waals surface area contributed by atoms with Gasteiger partial charge in [0.2, 0.25) is 5.91 Å². The molecular weight excluding hydrogens is 180 g/mol. The molecule has 0 aliphatic heterocycles. The van der Waals surface area contributed by atoms with E-state index in [2.05, 4.69) is 20.7 Å². The predicted molar refractivity (Wildman–Crippen MR) is 50.6 cm³/mol. The number of carbonyl (C=O) groups is 1. The lowest BCUT2D eigenvalue weighted by Crippen LogP contribution is -2.33. The molecule has 2 rings (SSSR count). The van der Waals surface area contributed by atoms with Crippen LogP contribution in [0.25, 0.3) is 0 Å². The average Bonchev–Trinajstić information content (AvgIpc) is 2.64. The second-order valence-electron chi connectivity index (χ2n) is 3.55. The molecule has 1 aromatic heterocycles. The van der Waals surface area contributed by atoms with Gasteiger partial charge >= 0.3 is 0 Å². The van der Waals surface area contributed by atoms with Gasteiger partial charge in [0.1, 0.15) is 0 Å². The summed E-state index contributed by atoms with van der Waals surface area (Å²) in [7, 11) is 0. The van der Waals surface area contributed by atoms with Crippen LogP contribution in [-0.4, -0.2) is 27.9 Å².